The van der Waals surface area contributed by atoms with E-state index in [-0.39, 0.29) is 17.6 Å². The number of phenolic OH excluding ortho intramolecular Hbond substituents is 1. The third-order valence-corrected chi connectivity index (χ3v) is 4.56. The van der Waals surface area contributed by atoms with E-state index < -0.39 is 5.97 Å². The molecule has 0 bridgehead atoms. The highest BCUT2D eigenvalue weighted by Gasteiger charge is 2.30. The predicted molar refractivity (Wildman–Crippen MR) is 89.5 cm³/mol. The SMILES string of the molecule is Cc1ccc(C(=O)N2CC[C@@H](c3ccccc3C(=O)O)C2)cc1O. The van der Waals surface area contributed by atoms with Crippen LogP contribution in [-0.4, -0.2) is 40.1 Å². The zero-order chi connectivity index (χ0) is 17.3. The first kappa shape index (κ1) is 16.1. The molecule has 1 saturated heterocycles. The molecule has 2 N–H and O–H groups in total. The molecule has 3 rings (SSSR count). The molecule has 1 fully saturated rings. The minimum absolute atomic E-state index is 0.0142. The summed E-state index contributed by atoms with van der Waals surface area (Å²) in [7, 11) is 0. The Morgan fingerprint density at radius 1 is 1.17 bits per heavy atom. The van der Waals surface area contributed by atoms with Gasteiger partial charge in [0, 0.05) is 24.6 Å². The lowest BCUT2D eigenvalue weighted by molar-refractivity contribution is 0.0695. The summed E-state index contributed by atoms with van der Waals surface area (Å²) in [5.74, 6) is -0.965. The maximum Gasteiger partial charge on any atom is 0.335 e. The van der Waals surface area contributed by atoms with E-state index in [1.54, 1.807) is 36.1 Å². The monoisotopic (exact) mass is 325 g/mol. The molecular formula is C19H19NO4. The molecule has 2 aromatic carbocycles. The van der Waals surface area contributed by atoms with Crippen LogP contribution in [0.2, 0.25) is 0 Å². The summed E-state index contributed by atoms with van der Waals surface area (Å²) >= 11 is 0. The van der Waals surface area contributed by atoms with Crippen LogP contribution in [0.15, 0.2) is 42.5 Å². The molecule has 0 aliphatic carbocycles. The van der Waals surface area contributed by atoms with Gasteiger partial charge in [-0.25, -0.2) is 4.79 Å². The molecule has 5 nitrogen and oxygen atoms in total. The number of carboxylic acids is 1. The van der Waals surface area contributed by atoms with E-state index in [2.05, 4.69) is 0 Å². The standard InChI is InChI=1S/C19H19NO4/c1-12-6-7-13(10-17(12)21)18(22)20-9-8-14(11-20)15-4-2-3-5-16(15)19(23)24/h2-7,10,14,21H,8-9,11H2,1H3,(H,23,24)/t14-/m1/s1. The number of rotatable bonds is 3. The van der Waals surface area contributed by atoms with Gasteiger partial charge < -0.3 is 15.1 Å². The minimum atomic E-state index is -0.946. The van der Waals surface area contributed by atoms with E-state index in [9.17, 15) is 19.8 Å². The van der Waals surface area contributed by atoms with E-state index in [0.717, 1.165) is 17.5 Å². The average molecular weight is 325 g/mol. The first-order valence-electron chi connectivity index (χ1n) is 7.88. The Bertz CT molecular complexity index is 800. The van der Waals surface area contributed by atoms with Crippen LogP contribution < -0.4 is 0 Å². The molecule has 2 aromatic rings. The largest absolute Gasteiger partial charge is 0.508 e. The van der Waals surface area contributed by atoms with Gasteiger partial charge in [-0.05, 0) is 42.7 Å². The van der Waals surface area contributed by atoms with Crippen molar-refractivity contribution in [1.29, 1.82) is 0 Å². The molecule has 1 amide bonds. The number of phenols is 1. The van der Waals surface area contributed by atoms with Crippen molar-refractivity contribution in [1.82, 2.24) is 4.90 Å². The van der Waals surface area contributed by atoms with Gasteiger partial charge in [-0.15, -0.1) is 0 Å². The van der Waals surface area contributed by atoms with Crippen LogP contribution in [0.3, 0.4) is 0 Å². The molecule has 1 heterocycles. The number of hydrogen-bond donors (Lipinski definition) is 2. The molecule has 0 unspecified atom stereocenters. The molecule has 1 aliphatic rings. The number of carboxylic acid groups (broad SMARTS) is 1. The summed E-state index contributed by atoms with van der Waals surface area (Å²) in [4.78, 5) is 25.7. The number of carbonyl (C=O) groups is 2. The van der Waals surface area contributed by atoms with Gasteiger partial charge in [0.15, 0.2) is 0 Å². The van der Waals surface area contributed by atoms with Gasteiger partial charge >= 0.3 is 5.97 Å². The van der Waals surface area contributed by atoms with Gasteiger partial charge in [0.2, 0.25) is 0 Å². The molecular weight excluding hydrogens is 306 g/mol. The van der Waals surface area contributed by atoms with E-state index in [1.807, 2.05) is 12.1 Å². The van der Waals surface area contributed by atoms with Crippen molar-refractivity contribution >= 4 is 11.9 Å². The van der Waals surface area contributed by atoms with Crippen molar-refractivity contribution in [3.05, 3.63) is 64.7 Å². The second kappa shape index (κ2) is 6.35. The highest BCUT2D eigenvalue weighted by atomic mass is 16.4. The predicted octanol–water partition coefficient (Wildman–Crippen LogP) is 3.03. The summed E-state index contributed by atoms with van der Waals surface area (Å²) in [6.45, 7) is 2.84. The lowest BCUT2D eigenvalue weighted by Gasteiger charge is -2.18. The maximum atomic E-state index is 12.6. The van der Waals surface area contributed by atoms with Crippen LogP contribution in [0.1, 0.15) is 44.2 Å². The van der Waals surface area contributed by atoms with Crippen molar-refractivity contribution in [3.8, 4) is 5.75 Å². The quantitative estimate of drug-likeness (QED) is 0.909. The van der Waals surface area contributed by atoms with Gasteiger partial charge in [0.05, 0.1) is 5.56 Å². The fourth-order valence-corrected chi connectivity index (χ4v) is 3.17. The van der Waals surface area contributed by atoms with Gasteiger partial charge in [0.25, 0.3) is 5.91 Å². The Balaban J connectivity index is 1.79. The Morgan fingerprint density at radius 2 is 1.92 bits per heavy atom. The Labute approximate surface area is 140 Å². The van der Waals surface area contributed by atoms with Gasteiger partial charge in [-0.2, -0.15) is 0 Å². The van der Waals surface area contributed by atoms with Crippen LogP contribution in [0, 0.1) is 6.92 Å². The number of benzene rings is 2. The van der Waals surface area contributed by atoms with Crippen LogP contribution in [0.4, 0.5) is 0 Å². The van der Waals surface area contributed by atoms with Crippen LogP contribution in [0.25, 0.3) is 0 Å². The zero-order valence-corrected chi connectivity index (χ0v) is 13.4. The smallest absolute Gasteiger partial charge is 0.335 e. The topological polar surface area (TPSA) is 77.8 Å². The van der Waals surface area contributed by atoms with Crippen molar-refractivity contribution in [2.75, 3.05) is 13.1 Å². The fourth-order valence-electron chi connectivity index (χ4n) is 3.17. The molecule has 5 heteroatoms. The number of amides is 1. The molecule has 0 spiro atoms. The van der Waals surface area contributed by atoms with Crippen LogP contribution in [0.5, 0.6) is 5.75 Å². The van der Waals surface area contributed by atoms with E-state index in [0.29, 0.717) is 24.2 Å². The molecule has 24 heavy (non-hydrogen) atoms. The van der Waals surface area contributed by atoms with E-state index >= 15 is 0 Å². The number of aryl methyl sites for hydroxylation is 1. The first-order chi connectivity index (χ1) is 11.5. The van der Waals surface area contributed by atoms with Crippen molar-refractivity contribution in [3.63, 3.8) is 0 Å². The maximum absolute atomic E-state index is 12.6. The summed E-state index contributed by atoms with van der Waals surface area (Å²) in [6, 6.07) is 11.9. The molecule has 124 valence electrons. The third-order valence-electron chi connectivity index (χ3n) is 4.56. The Hall–Kier alpha value is -2.82. The molecule has 0 saturated carbocycles. The second-order valence-corrected chi connectivity index (χ2v) is 6.13. The lowest BCUT2D eigenvalue weighted by Crippen LogP contribution is -2.28. The molecule has 1 atom stereocenters. The van der Waals surface area contributed by atoms with Gasteiger partial charge in [0.1, 0.15) is 5.75 Å². The normalized spacial score (nSPS) is 17.0. The highest BCUT2D eigenvalue weighted by molar-refractivity contribution is 5.95. The lowest BCUT2D eigenvalue weighted by atomic mass is 9.93. The number of aromatic hydroxyl groups is 1. The molecule has 0 radical (unpaired) electrons. The summed E-state index contributed by atoms with van der Waals surface area (Å²) < 4.78 is 0. The summed E-state index contributed by atoms with van der Waals surface area (Å²) in [5.41, 5.74) is 2.24. The van der Waals surface area contributed by atoms with Gasteiger partial charge in [-0.3, -0.25) is 4.79 Å². The van der Waals surface area contributed by atoms with Crippen LogP contribution >= 0.6 is 0 Å². The van der Waals surface area contributed by atoms with Crippen molar-refractivity contribution in [2.45, 2.75) is 19.3 Å². The number of aromatic carboxylic acids is 1. The number of carbonyl (C=O) groups excluding carboxylic acids is 1. The number of nitrogens with zero attached hydrogens (tertiary/aromatic N) is 1. The second-order valence-electron chi connectivity index (χ2n) is 6.13. The first-order valence-corrected chi connectivity index (χ1v) is 7.88. The molecule has 0 aromatic heterocycles. The number of hydrogen-bond acceptors (Lipinski definition) is 3. The highest BCUT2D eigenvalue weighted by Crippen LogP contribution is 2.31. The van der Waals surface area contributed by atoms with Crippen LogP contribution in [-0.2, 0) is 0 Å². The average Bonchev–Trinajstić information content (AvgIpc) is 3.06. The fraction of sp³-hybridized carbons (Fsp3) is 0.263. The van der Waals surface area contributed by atoms with E-state index in [1.165, 1.54) is 6.07 Å². The summed E-state index contributed by atoms with van der Waals surface area (Å²) in [5, 5.41) is 19.1. The number of likely N-dealkylation sites (tertiary alicyclic amines) is 1. The van der Waals surface area contributed by atoms with Crippen molar-refractivity contribution in [2.24, 2.45) is 0 Å². The Kier molecular flexibility index (Phi) is 4.25. The molecule has 1 aliphatic heterocycles. The third kappa shape index (κ3) is 2.97. The van der Waals surface area contributed by atoms with Crippen molar-refractivity contribution < 1.29 is 19.8 Å². The Morgan fingerprint density at radius 3 is 2.62 bits per heavy atom. The summed E-state index contributed by atoms with van der Waals surface area (Å²) in [6.07, 6.45) is 0.730. The van der Waals surface area contributed by atoms with E-state index in [4.69, 9.17) is 0 Å². The zero-order valence-electron chi connectivity index (χ0n) is 13.4. The van der Waals surface area contributed by atoms with Gasteiger partial charge in [-0.1, -0.05) is 24.3 Å². The minimum Gasteiger partial charge on any atom is -0.508 e.